The van der Waals surface area contributed by atoms with Gasteiger partial charge in [0, 0.05) is 18.8 Å². The van der Waals surface area contributed by atoms with Crippen LogP contribution in [0.5, 0.6) is 0 Å². The van der Waals surface area contributed by atoms with E-state index >= 15 is 0 Å². The molecule has 27 heavy (non-hydrogen) atoms. The quantitative estimate of drug-likeness (QED) is 0.709. The Morgan fingerprint density at radius 2 is 1.81 bits per heavy atom. The lowest BCUT2D eigenvalue weighted by Gasteiger charge is -2.21. The van der Waals surface area contributed by atoms with Crippen molar-refractivity contribution >= 4 is 17.4 Å². The molecule has 5 heteroatoms. The van der Waals surface area contributed by atoms with E-state index in [9.17, 15) is 4.79 Å². The molecule has 5 nitrogen and oxygen atoms in total. The molecule has 3 rings (SSSR count). The Morgan fingerprint density at radius 1 is 1.00 bits per heavy atom. The first-order valence-corrected chi connectivity index (χ1v) is 9.09. The number of aryl methyl sites for hydroxylation is 2. The van der Waals surface area contributed by atoms with Gasteiger partial charge in [-0.2, -0.15) is 0 Å². The van der Waals surface area contributed by atoms with E-state index < -0.39 is 0 Å². The summed E-state index contributed by atoms with van der Waals surface area (Å²) in [4.78, 5) is 14.5. The van der Waals surface area contributed by atoms with Gasteiger partial charge < -0.3 is 10.2 Å². The van der Waals surface area contributed by atoms with Gasteiger partial charge in [0.2, 0.25) is 0 Å². The van der Waals surface area contributed by atoms with Crippen molar-refractivity contribution in [3.05, 3.63) is 83.0 Å². The summed E-state index contributed by atoms with van der Waals surface area (Å²) >= 11 is 0. The van der Waals surface area contributed by atoms with E-state index in [0.29, 0.717) is 24.6 Å². The van der Waals surface area contributed by atoms with Crippen LogP contribution >= 0.6 is 0 Å². The fraction of sp³-hybridized carbons (Fsp3) is 0.227. The molecule has 0 fully saturated rings. The monoisotopic (exact) mass is 360 g/mol. The van der Waals surface area contributed by atoms with E-state index in [1.54, 1.807) is 17.0 Å². The number of hydrogen-bond acceptors (Lipinski definition) is 4. The number of carbonyl (C=O) groups excluding carboxylic acids is 1. The van der Waals surface area contributed by atoms with E-state index in [0.717, 1.165) is 11.3 Å². The molecule has 138 valence electrons. The number of nitrogens with zero attached hydrogens (tertiary/aromatic N) is 3. The highest BCUT2D eigenvalue weighted by Crippen LogP contribution is 2.18. The zero-order valence-electron chi connectivity index (χ0n) is 15.9. The van der Waals surface area contributed by atoms with Crippen LogP contribution in [0.4, 0.5) is 11.5 Å². The highest BCUT2D eigenvalue weighted by Gasteiger charge is 2.18. The van der Waals surface area contributed by atoms with Crippen LogP contribution in [-0.4, -0.2) is 22.6 Å². The van der Waals surface area contributed by atoms with Gasteiger partial charge in [0.1, 0.15) is 5.82 Å². The number of benzene rings is 2. The number of anilines is 2. The predicted molar refractivity (Wildman–Crippen MR) is 109 cm³/mol. The topological polar surface area (TPSA) is 58.1 Å². The van der Waals surface area contributed by atoms with Gasteiger partial charge in [-0.15, -0.1) is 10.2 Å². The average Bonchev–Trinajstić information content (AvgIpc) is 2.68. The molecule has 0 saturated carbocycles. The Balaban J connectivity index is 1.70. The van der Waals surface area contributed by atoms with Crippen LogP contribution in [0, 0.1) is 13.8 Å². The average molecular weight is 360 g/mol. The van der Waals surface area contributed by atoms with Crippen LogP contribution in [0.2, 0.25) is 0 Å². The lowest BCUT2D eigenvalue weighted by atomic mass is 10.1. The summed E-state index contributed by atoms with van der Waals surface area (Å²) in [6.45, 7) is 7.27. The number of rotatable bonds is 6. The molecule has 0 aliphatic carbocycles. The summed E-state index contributed by atoms with van der Waals surface area (Å²) in [6.07, 6.45) is 0. The second-order valence-electron chi connectivity index (χ2n) is 6.47. The normalized spacial score (nSPS) is 10.5. The maximum absolute atomic E-state index is 12.8. The third-order valence-corrected chi connectivity index (χ3v) is 4.48. The first kappa shape index (κ1) is 18.6. The van der Waals surface area contributed by atoms with Crippen molar-refractivity contribution in [2.45, 2.75) is 27.3 Å². The summed E-state index contributed by atoms with van der Waals surface area (Å²) in [5.41, 5.74) is 4.74. The molecule has 3 aromatic rings. The fourth-order valence-electron chi connectivity index (χ4n) is 2.91. The lowest BCUT2D eigenvalue weighted by Crippen LogP contribution is -2.31. The molecule has 1 aromatic heterocycles. The van der Waals surface area contributed by atoms with Crippen molar-refractivity contribution < 1.29 is 4.79 Å². The van der Waals surface area contributed by atoms with Crippen LogP contribution in [0.3, 0.4) is 0 Å². The molecule has 2 aromatic carbocycles. The van der Waals surface area contributed by atoms with Gasteiger partial charge in [-0.3, -0.25) is 4.79 Å². The van der Waals surface area contributed by atoms with Crippen molar-refractivity contribution in [1.82, 2.24) is 10.2 Å². The summed E-state index contributed by atoms with van der Waals surface area (Å²) in [7, 11) is 0. The largest absolute Gasteiger partial charge is 0.364 e. The molecule has 0 aliphatic heterocycles. The smallest absolute Gasteiger partial charge is 0.278 e. The summed E-state index contributed by atoms with van der Waals surface area (Å²) in [5.74, 6) is 0.495. The Kier molecular flexibility index (Phi) is 5.81. The molecule has 0 bridgehead atoms. The van der Waals surface area contributed by atoms with Crippen LogP contribution < -0.4 is 10.2 Å². The Morgan fingerprint density at radius 3 is 2.48 bits per heavy atom. The predicted octanol–water partition coefficient (Wildman–Crippen LogP) is 4.37. The molecule has 0 aliphatic rings. The minimum Gasteiger partial charge on any atom is -0.364 e. The highest BCUT2D eigenvalue weighted by molar-refractivity contribution is 6.04. The first-order valence-electron chi connectivity index (χ1n) is 9.09. The number of amides is 1. The van der Waals surface area contributed by atoms with Crippen molar-refractivity contribution in [2.24, 2.45) is 0 Å². The van der Waals surface area contributed by atoms with E-state index in [1.165, 1.54) is 11.1 Å². The van der Waals surface area contributed by atoms with Gasteiger partial charge >= 0.3 is 0 Å². The molecule has 0 saturated heterocycles. The van der Waals surface area contributed by atoms with Crippen LogP contribution in [0.25, 0.3) is 0 Å². The van der Waals surface area contributed by atoms with Gasteiger partial charge in [0.15, 0.2) is 5.69 Å². The Hall–Kier alpha value is -3.21. The third kappa shape index (κ3) is 4.50. The van der Waals surface area contributed by atoms with Gasteiger partial charge in [-0.1, -0.05) is 36.4 Å². The molecule has 1 amide bonds. The molecule has 1 N–H and O–H groups in total. The van der Waals surface area contributed by atoms with E-state index in [4.69, 9.17) is 0 Å². The van der Waals surface area contributed by atoms with E-state index in [2.05, 4.69) is 34.6 Å². The number of nitrogens with one attached hydrogen (secondary N) is 1. The second kappa shape index (κ2) is 8.45. The zero-order valence-corrected chi connectivity index (χ0v) is 15.9. The van der Waals surface area contributed by atoms with E-state index in [1.807, 2.05) is 50.2 Å². The highest BCUT2D eigenvalue weighted by atomic mass is 16.2. The third-order valence-electron chi connectivity index (χ3n) is 4.48. The van der Waals surface area contributed by atoms with Gasteiger partial charge in [-0.05, 0) is 61.7 Å². The van der Waals surface area contributed by atoms with Gasteiger partial charge in [0.05, 0.1) is 0 Å². The minimum absolute atomic E-state index is 0.152. The van der Waals surface area contributed by atoms with E-state index in [-0.39, 0.29) is 5.91 Å². The number of aromatic nitrogens is 2. The van der Waals surface area contributed by atoms with Crippen molar-refractivity contribution in [1.29, 1.82) is 0 Å². The lowest BCUT2D eigenvalue weighted by molar-refractivity contribution is 0.0982. The fourth-order valence-corrected chi connectivity index (χ4v) is 2.91. The maximum Gasteiger partial charge on any atom is 0.278 e. The number of hydrogen-bond donors (Lipinski definition) is 1. The number of carbonyl (C=O) groups is 1. The minimum atomic E-state index is -0.152. The molecule has 0 spiro atoms. The van der Waals surface area contributed by atoms with Crippen molar-refractivity contribution in [3.63, 3.8) is 0 Å². The first-order chi connectivity index (χ1) is 13.1. The van der Waals surface area contributed by atoms with Crippen molar-refractivity contribution in [2.75, 3.05) is 16.8 Å². The van der Waals surface area contributed by atoms with Gasteiger partial charge in [0.25, 0.3) is 5.91 Å². The van der Waals surface area contributed by atoms with Crippen LogP contribution in [0.15, 0.2) is 60.7 Å². The summed E-state index contributed by atoms with van der Waals surface area (Å²) in [6, 6.07) is 19.6. The molecule has 0 radical (unpaired) electrons. The SMILES string of the molecule is CCN(C(=O)c1ccc(NCc2ccccc2C)nn1)c1cccc(C)c1. The summed E-state index contributed by atoms with van der Waals surface area (Å²) in [5, 5.41) is 11.5. The summed E-state index contributed by atoms with van der Waals surface area (Å²) < 4.78 is 0. The molecular weight excluding hydrogens is 336 g/mol. The molecule has 0 unspecified atom stereocenters. The standard InChI is InChI=1S/C22H24N4O/c1-4-26(19-11-7-8-16(2)14-19)22(27)20-12-13-21(25-24-20)23-15-18-10-6-5-9-17(18)3/h5-14H,4,15H2,1-3H3,(H,23,25). The molecular formula is C22H24N4O. The molecule has 0 atom stereocenters. The molecule has 1 heterocycles. The maximum atomic E-state index is 12.8. The van der Waals surface area contributed by atoms with Crippen LogP contribution in [-0.2, 0) is 6.54 Å². The second-order valence-corrected chi connectivity index (χ2v) is 6.47. The van der Waals surface area contributed by atoms with Crippen molar-refractivity contribution in [3.8, 4) is 0 Å². The van der Waals surface area contributed by atoms with Gasteiger partial charge in [-0.25, -0.2) is 0 Å². The Labute approximate surface area is 160 Å². The zero-order chi connectivity index (χ0) is 19.2. The van der Waals surface area contributed by atoms with Crippen LogP contribution in [0.1, 0.15) is 34.1 Å². The Bertz CT molecular complexity index is 922.